The van der Waals surface area contributed by atoms with Crippen LogP contribution in [0.3, 0.4) is 0 Å². The van der Waals surface area contributed by atoms with E-state index in [1.54, 1.807) is 37.3 Å². The van der Waals surface area contributed by atoms with Gasteiger partial charge in [-0.05, 0) is 24.5 Å². The molecule has 1 unspecified atom stereocenters. The topological polar surface area (TPSA) is 102 Å². The molecule has 1 aliphatic rings. The Bertz CT molecular complexity index is 1090. The van der Waals surface area contributed by atoms with Crippen LogP contribution in [0.15, 0.2) is 60.7 Å². The lowest BCUT2D eigenvalue weighted by atomic mass is 9.83. The normalized spacial score (nSPS) is 23.1. The summed E-state index contributed by atoms with van der Waals surface area (Å²) in [7, 11) is 1.39. The Morgan fingerprint density at radius 2 is 1.55 bits per heavy atom. The monoisotopic (exact) mass is 593 g/mol. The maximum atomic E-state index is 16.2. The molecule has 1 amide bonds. The highest BCUT2D eigenvalue weighted by molar-refractivity contribution is 5.81. The number of carbonyl (C=O) groups is 2. The van der Waals surface area contributed by atoms with Crippen LogP contribution < -0.4 is 5.32 Å². The predicted molar refractivity (Wildman–Crippen MR) is 150 cm³/mol. The molecule has 2 aromatic rings. The second-order valence-corrected chi connectivity index (χ2v) is 10.1. The number of halogens is 2. The Balaban J connectivity index is 1.81. The summed E-state index contributed by atoms with van der Waals surface area (Å²) in [6, 6.07) is 16.5. The Labute approximate surface area is 245 Å². The number of rotatable bonds is 15. The lowest BCUT2D eigenvalue weighted by Gasteiger charge is -2.47. The first-order valence-electron chi connectivity index (χ1n) is 14.1. The van der Waals surface area contributed by atoms with Gasteiger partial charge in [-0.1, -0.05) is 74.5 Å². The molecule has 1 aliphatic heterocycles. The molecule has 0 saturated carbocycles. The zero-order valence-electron chi connectivity index (χ0n) is 24.5. The molecule has 42 heavy (non-hydrogen) atoms. The van der Waals surface area contributed by atoms with Crippen molar-refractivity contribution in [3.8, 4) is 0 Å². The number of alkyl halides is 2. The van der Waals surface area contributed by atoms with Crippen molar-refractivity contribution >= 4 is 12.1 Å². The molecule has 3 rings (SSSR count). The SMILES string of the molecule is CCOC(=O)C(CC(F)(F)[C@H]1O[C@H](CC)[C@H](C)[C@H](OCc2ccccc2)[C@H]1OCOC)NC(=O)OCc1ccccc1. The molecule has 0 aromatic heterocycles. The van der Waals surface area contributed by atoms with Crippen molar-refractivity contribution in [3.05, 3.63) is 71.8 Å². The van der Waals surface area contributed by atoms with Gasteiger partial charge in [-0.25, -0.2) is 18.4 Å². The first-order chi connectivity index (χ1) is 20.2. The van der Waals surface area contributed by atoms with Crippen LogP contribution in [-0.4, -0.2) is 69.0 Å². The van der Waals surface area contributed by atoms with Gasteiger partial charge in [-0.2, -0.15) is 0 Å². The minimum atomic E-state index is -3.66. The van der Waals surface area contributed by atoms with E-state index in [-0.39, 0.29) is 32.5 Å². The quantitative estimate of drug-likeness (QED) is 0.221. The first kappa shape index (κ1) is 33.4. The van der Waals surface area contributed by atoms with Crippen molar-refractivity contribution in [2.75, 3.05) is 20.5 Å². The Morgan fingerprint density at radius 1 is 0.929 bits per heavy atom. The summed E-state index contributed by atoms with van der Waals surface area (Å²) in [6.45, 7) is 4.99. The molecule has 1 heterocycles. The summed E-state index contributed by atoms with van der Waals surface area (Å²) >= 11 is 0. The fourth-order valence-electron chi connectivity index (χ4n) is 4.95. The van der Waals surface area contributed by atoms with Gasteiger partial charge in [0.25, 0.3) is 5.92 Å². The molecule has 0 radical (unpaired) electrons. The number of alkyl carbamates (subject to hydrolysis) is 1. The molecule has 0 bridgehead atoms. The number of ether oxygens (including phenoxy) is 6. The van der Waals surface area contributed by atoms with Gasteiger partial charge in [0, 0.05) is 19.4 Å². The third-order valence-corrected chi connectivity index (χ3v) is 7.08. The number of nitrogens with one attached hydrogen (secondary N) is 1. The number of methoxy groups -OCH3 is 1. The maximum absolute atomic E-state index is 16.2. The molecule has 1 fully saturated rings. The number of hydrogen-bond donors (Lipinski definition) is 1. The van der Waals surface area contributed by atoms with Crippen LogP contribution in [0, 0.1) is 5.92 Å². The van der Waals surface area contributed by atoms with E-state index in [4.69, 9.17) is 28.4 Å². The van der Waals surface area contributed by atoms with Crippen LogP contribution in [0.1, 0.15) is 44.7 Å². The summed E-state index contributed by atoms with van der Waals surface area (Å²) in [5.41, 5.74) is 1.57. The van der Waals surface area contributed by atoms with Crippen molar-refractivity contribution < 1.29 is 46.8 Å². The van der Waals surface area contributed by atoms with Crippen LogP contribution in [0.25, 0.3) is 0 Å². The summed E-state index contributed by atoms with van der Waals surface area (Å²) in [5.74, 6) is -4.97. The average molecular weight is 594 g/mol. The molecule has 0 aliphatic carbocycles. The van der Waals surface area contributed by atoms with Gasteiger partial charge in [-0.3, -0.25) is 0 Å². The highest BCUT2D eigenvalue weighted by atomic mass is 19.3. The van der Waals surface area contributed by atoms with Gasteiger partial charge in [0.05, 0.1) is 25.4 Å². The third kappa shape index (κ3) is 9.45. The van der Waals surface area contributed by atoms with E-state index >= 15 is 8.78 Å². The minimum Gasteiger partial charge on any atom is -0.464 e. The fraction of sp³-hybridized carbons (Fsp3) is 0.548. The molecule has 11 heteroatoms. The van der Waals surface area contributed by atoms with E-state index in [9.17, 15) is 9.59 Å². The molecule has 6 atom stereocenters. The molecule has 1 N–H and O–H groups in total. The number of hydrogen-bond acceptors (Lipinski definition) is 8. The van der Waals surface area contributed by atoms with Gasteiger partial charge >= 0.3 is 12.1 Å². The maximum Gasteiger partial charge on any atom is 0.408 e. The number of esters is 1. The molecule has 2 aromatic carbocycles. The molecular weight excluding hydrogens is 552 g/mol. The van der Waals surface area contributed by atoms with Crippen LogP contribution in [-0.2, 0) is 46.4 Å². The summed E-state index contributed by atoms with van der Waals surface area (Å²) in [4.78, 5) is 25.3. The van der Waals surface area contributed by atoms with E-state index in [2.05, 4.69) is 5.32 Å². The van der Waals surface area contributed by atoms with Crippen LogP contribution >= 0.6 is 0 Å². The summed E-state index contributed by atoms with van der Waals surface area (Å²) in [6.07, 6.45) is -6.10. The second kappa shape index (κ2) is 16.5. The Hall–Kier alpha value is -3.12. The van der Waals surface area contributed by atoms with E-state index in [1.165, 1.54) is 7.11 Å². The van der Waals surface area contributed by atoms with Crippen molar-refractivity contribution in [2.45, 2.75) is 83.2 Å². The molecule has 9 nitrogen and oxygen atoms in total. The standard InChI is InChI=1S/C31H41F2NO8/c1-5-25-21(3)26(39-18-22-13-9-7-10-14-22)27(41-20-37-4)28(42-25)31(32,33)17-24(29(35)38-6-2)34-30(36)40-19-23-15-11-8-12-16-23/h7-16,21,24-28H,5-6,17-20H2,1-4H3,(H,34,36)/t21-,24?,25+,26-,27+,28-/m0/s1. The van der Waals surface area contributed by atoms with Gasteiger partial charge in [-0.15, -0.1) is 0 Å². The summed E-state index contributed by atoms with van der Waals surface area (Å²) < 4.78 is 65.6. The number of benzene rings is 2. The highest BCUT2D eigenvalue weighted by Gasteiger charge is 2.56. The number of carbonyl (C=O) groups excluding carboxylic acids is 2. The molecule has 232 valence electrons. The highest BCUT2D eigenvalue weighted by Crippen LogP contribution is 2.40. The zero-order valence-corrected chi connectivity index (χ0v) is 24.5. The average Bonchev–Trinajstić information content (AvgIpc) is 2.99. The lowest BCUT2D eigenvalue weighted by molar-refractivity contribution is -0.293. The smallest absolute Gasteiger partial charge is 0.408 e. The second-order valence-electron chi connectivity index (χ2n) is 10.1. The predicted octanol–water partition coefficient (Wildman–Crippen LogP) is 5.26. The first-order valence-corrected chi connectivity index (χ1v) is 14.1. The van der Waals surface area contributed by atoms with Gasteiger partial charge in [0.1, 0.15) is 25.5 Å². The van der Waals surface area contributed by atoms with Crippen LogP contribution in [0.5, 0.6) is 0 Å². The van der Waals surface area contributed by atoms with Gasteiger partial charge in [0.2, 0.25) is 0 Å². The number of amides is 1. The van der Waals surface area contributed by atoms with E-state index < -0.39 is 54.9 Å². The lowest BCUT2D eigenvalue weighted by Crippen LogP contribution is -2.62. The van der Waals surface area contributed by atoms with Crippen molar-refractivity contribution in [1.29, 1.82) is 0 Å². The van der Waals surface area contributed by atoms with Crippen molar-refractivity contribution in [3.63, 3.8) is 0 Å². The van der Waals surface area contributed by atoms with Gasteiger partial charge in [0.15, 0.2) is 6.10 Å². The Morgan fingerprint density at radius 3 is 2.12 bits per heavy atom. The largest absolute Gasteiger partial charge is 0.464 e. The van der Waals surface area contributed by atoms with E-state index in [0.717, 1.165) is 5.56 Å². The van der Waals surface area contributed by atoms with Crippen LogP contribution in [0.4, 0.5) is 13.6 Å². The molecule has 0 spiro atoms. The van der Waals surface area contributed by atoms with E-state index in [0.29, 0.717) is 12.0 Å². The molecular formula is C31H41F2NO8. The Kier molecular flexibility index (Phi) is 13.1. The fourth-order valence-corrected chi connectivity index (χ4v) is 4.95. The third-order valence-electron chi connectivity index (χ3n) is 7.08. The van der Waals surface area contributed by atoms with E-state index in [1.807, 2.05) is 44.2 Å². The zero-order chi connectivity index (χ0) is 30.5. The minimum absolute atomic E-state index is 0.0635. The van der Waals surface area contributed by atoms with Crippen molar-refractivity contribution in [1.82, 2.24) is 5.32 Å². The van der Waals surface area contributed by atoms with Gasteiger partial charge < -0.3 is 33.7 Å². The summed E-state index contributed by atoms with van der Waals surface area (Å²) in [5, 5.41) is 2.25. The van der Waals surface area contributed by atoms with Crippen molar-refractivity contribution in [2.24, 2.45) is 5.92 Å². The van der Waals surface area contributed by atoms with Crippen LogP contribution in [0.2, 0.25) is 0 Å². The molecule has 1 saturated heterocycles.